The minimum Gasteiger partial charge on any atom is -0.508 e. The van der Waals surface area contributed by atoms with Crippen molar-refractivity contribution in [1.82, 2.24) is 15.2 Å². The van der Waals surface area contributed by atoms with Gasteiger partial charge in [-0.25, -0.2) is 0 Å². The van der Waals surface area contributed by atoms with Crippen molar-refractivity contribution in [2.75, 3.05) is 19.6 Å². The Hall–Kier alpha value is -2.02. The van der Waals surface area contributed by atoms with Gasteiger partial charge in [0, 0.05) is 48.8 Å². The number of pyridine rings is 1. The number of carbonyl (C=O) groups is 1. The number of phenolic OH excluding ortho intramolecular Hbond substituents is 1. The quantitative estimate of drug-likeness (QED) is 0.707. The molecule has 2 fully saturated rings. The average Bonchev–Trinajstić information content (AvgIpc) is 3.07. The van der Waals surface area contributed by atoms with E-state index < -0.39 is 0 Å². The number of aromatic amines is 1. The second kappa shape index (κ2) is 7.78. The van der Waals surface area contributed by atoms with E-state index in [1.807, 2.05) is 12.1 Å². The smallest absolute Gasteiger partial charge is 0.251 e. The van der Waals surface area contributed by atoms with Gasteiger partial charge in [-0.1, -0.05) is 29.3 Å². The molecule has 3 heterocycles. The third-order valence-corrected chi connectivity index (χ3v) is 6.48. The Bertz CT molecular complexity index is 956. The maximum atomic E-state index is 12.6. The van der Waals surface area contributed by atoms with Crippen LogP contribution in [0.5, 0.6) is 5.75 Å². The van der Waals surface area contributed by atoms with Crippen molar-refractivity contribution >= 4 is 29.1 Å². The van der Waals surface area contributed by atoms with E-state index in [-0.39, 0.29) is 35.1 Å². The van der Waals surface area contributed by atoms with Crippen molar-refractivity contribution < 1.29 is 9.90 Å². The van der Waals surface area contributed by atoms with E-state index in [4.69, 9.17) is 23.2 Å². The number of likely N-dealkylation sites (tertiary alicyclic amines) is 1. The van der Waals surface area contributed by atoms with Gasteiger partial charge in [0.25, 0.3) is 5.56 Å². The van der Waals surface area contributed by atoms with Crippen LogP contribution in [0.3, 0.4) is 0 Å². The summed E-state index contributed by atoms with van der Waals surface area (Å²) in [5, 5.41) is 14.2. The molecule has 0 bridgehead atoms. The van der Waals surface area contributed by atoms with E-state index in [2.05, 4.69) is 10.3 Å². The summed E-state index contributed by atoms with van der Waals surface area (Å²) in [6.07, 6.45) is 2.75. The number of carbonyl (C=O) groups excluding carboxylic acids is 1. The molecule has 0 aliphatic carbocycles. The highest BCUT2D eigenvalue weighted by Gasteiger charge is 2.36. The zero-order chi connectivity index (χ0) is 19.8. The summed E-state index contributed by atoms with van der Waals surface area (Å²) in [6, 6.07) is 6.60. The van der Waals surface area contributed by atoms with E-state index in [1.54, 1.807) is 17.2 Å². The van der Waals surface area contributed by atoms with Crippen molar-refractivity contribution in [2.24, 2.45) is 5.92 Å². The maximum Gasteiger partial charge on any atom is 0.251 e. The van der Waals surface area contributed by atoms with Gasteiger partial charge in [-0.15, -0.1) is 0 Å². The zero-order valence-electron chi connectivity index (χ0n) is 15.1. The summed E-state index contributed by atoms with van der Waals surface area (Å²) in [5.41, 5.74) is 1.25. The Morgan fingerprint density at radius 3 is 2.79 bits per heavy atom. The minimum atomic E-state index is -0.129. The lowest BCUT2D eigenvalue weighted by molar-refractivity contribution is -0.136. The number of halogens is 2. The van der Waals surface area contributed by atoms with Crippen LogP contribution >= 0.6 is 23.2 Å². The van der Waals surface area contributed by atoms with Crippen LogP contribution in [-0.2, 0) is 4.79 Å². The number of nitrogens with one attached hydrogen (secondary N) is 2. The fraction of sp³-hybridized carbons (Fsp3) is 0.400. The number of phenols is 1. The molecule has 1 amide bonds. The lowest BCUT2D eigenvalue weighted by atomic mass is 9.90. The number of hydrogen-bond acceptors (Lipinski definition) is 4. The van der Waals surface area contributed by atoms with Crippen molar-refractivity contribution in [3.63, 3.8) is 0 Å². The summed E-state index contributed by atoms with van der Waals surface area (Å²) in [4.78, 5) is 28.9. The number of hydrogen-bond donors (Lipinski definition) is 3. The van der Waals surface area contributed by atoms with E-state index in [9.17, 15) is 14.7 Å². The summed E-state index contributed by atoms with van der Waals surface area (Å²) in [5.74, 6) is 0.465. The molecule has 2 aromatic rings. The summed E-state index contributed by atoms with van der Waals surface area (Å²) >= 11 is 12.3. The third kappa shape index (κ3) is 3.64. The first-order chi connectivity index (χ1) is 13.4. The molecule has 0 unspecified atom stereocenters. The van der Waals surface area contributed by atoms with Crippen LogP contribution in [0.15, 0.2) is 35.3 Å². The summed E-state index contributed by atoms with van der Waals surface area (Å²) in [7, 11) is 0. The van der Waals surface area contributed by atoms with Crippen LogP contribution in [0.2, 0.25) is 10.0 Å². The van der Waals surface area contributed by atoms with Crippen LogP contribution in [0, 0.1) is 5.92 Å². The molecule has 6 nitrogen and oxygen atoms in total. The molecule has 2 saturated heterocycles. The monoisotopic (exact) mass is 421 g/mol. The largest absolute Gasteiger partial charge is 0.508 e. The molecule has 8 heteroatoms. The van der Waals surface area contributed by atoms with Crippen molar-refractivity contribution in [1.29, 1.82) is 0 Å². The molecular weight excluding hydrogens is 401 g/mol. The van der Waals surface area contributed by atoms with Crippen molar-refractivity contribution in [2.45, 2.75) is 24.8 Å². The lowest BCUT2D eigenvalue weighted by Gasteiger charge is -2.39. The van der Waals surface area contributed by atoms with Gasteiger partial charge in [-0.05, 0) is 37.1 Å². The number of H-pyrrole nitrogens is 1. The third-order valence-electron chi connectivity index (χ3n) is 5.67. The Labute approximate surface area is 172 Å². The molecule has 4 rings (SSSR count). The first kappa shape index (κ1) is 19.3. The Kier molecular flexibility index (Phi) is 5.36. The number of rotatable bonds is 4. The van der Waals surface area contributed by atoms with Gasteiger partial charge in [0.2, 0.25) is 5.91 Å². The van der Waals surface area contributed by atoms with Crippen LogP contribution in [0.1, 0.15) is 35.9 Å². The predicted molar refractivity (Wildman–Crippen MR) is 108 cm³/mol. The van der Waals surface area contributed by atoms with Gasteiger partial charge in [0.15, 0.2) is 0 Å². The molecule has 0 spiro atoms. The van der Waals surface area contributed by atoms with Crippen LogP contribution < -0.4 is 10.9 Å². The highest BCUT2D eigenvalue weighted by Crippen LogP contribution is 2.41. The van der Waals surface area contributed by atoms with E-state index in [0.717, 1.165) is 5.56 Å². The zero-order valence-corrected chi connectivity index (χ0v) is 16.6. The average molecular weight is 422 g/mol. The number of aromatic hydroxyl groups is 1. The SMILES string of the molecule is O=C(C[C@H]1CN[C@@H](c2c(O)ccc(Cl)c2Cl)C1)N1CC(c2ccc[nH]c2=O)C1. The van der Waals surface area contributed by atoms with E-state index in [1.165, 1.54) is 6.07 Å². The lowest BCUT2D eigenvalue weighted by Crippen LogP contribution is -2.50. The van der Waals surface area contributed by atoms with Gasteiger partial charge in [0.05, 0.1) is 10.0 Å². The number of aromatic nitrogens is 1. The molecule has 3 N–H and O–H groups in total. The maximum absolute atomic E-state index is 12.6. The first-order valence-corrected chi connectivity index (χ1v) is 10.0. The number of amides is 1. The van der Waals surface area contributed by atoms with Gasteiger partial charge in [-0.2, -0.15) is 0 Å². The topological polar surface area (TPSA) is 85.4 Å². The van der Waals surface area contributed by atoms with Gasteiger partial charge >= 0.3 is 0 Å². The molecule has 2 aliphatic rings. The fourth-order valence-corrected chi connectivity index (χ4v) is 4.54. The molecule has 2 aliphatic heterocycles. The molecular formula is C20H21Cl2N3O3. The highest BCUT2D eigenvalue weighted by atomic mass is 35.5. The molecule has 1 aromatic carbocycles. The molecule has 0 radical (unpaired) electrons. The van der Waals surface area contributed by atoms with Crippen LogP contribution in [0.4, 0.5) is 0 Å². The normalized spacial score (nSPS) is 22.3. The summed E-state index contributed by atoms with van der Waals surface area (Å²) < 4.78 is 0. The number of nitrogens with zero attached hydrogens (tertiary/aromatic N) is 1. The molecule has 0 saturated carbocycles. The van der Waals surface area contributed by atoms with Crippen molar-refractivity contribution in [3.8, 4) is 5.75 Å². The van der Waals surface area contributed by atoms with Crippen LogP contribution in [-0.4, -0.2) is 40.5 Å². The van der Waals surface area contributed by atoms with Gasteiger partial charge in [-0.3, -0.25) is 9.59 Å². The second-order valence-corrected chi connectivity index (χ2v) is 8.30. The fourth-order valence-electron chi connectivity index (χ4n) is 4.08. The standard InChI is InChI=1S/C20H21Cl2N3O3/c21-14-3-4-16(26)18(19(14)22)15-6-11(8-24-15)7-17(27)25-9-12(10-25)13-2-1-5-23-20(13)28/h1-5,11-12,15,24,26H,6-10H2,(H,23,28)/t11-,15+/m0/s1. The molecule has 148 valence electrons. The molecule has 1 aromatic heterocycles. The van der Waals surface area contributed by atoms with Crippen molar-refractivity contribution in [3.05, 3.63) is 62.0 Å². The Balaban J connectivity index is 1.33. The first-order valence-electron chi connectivity index (χ1n) is 9.29. The van der Waals surface area contributed by atoms with E-state index >= 15 is 0 Å². The Morgan fingerprint density at radius 1 is 1.25 bits per heavy atom. The summed E-state index contributed by atoms with van der Waals surface area (Å²) in [6.45, 7) is 1.83. The predicted octanol–water partition coefficient (Wildman–Crippen LogP) is 3.05. The number of benzene rings is 1. The second-order valence-electron chi connectivity index (χ2n) is 7.51. The van der Waals surface area contributed by atoms with Crippen LogP contribution in [0.25, 0.3) is 0 Å². The highest BCUT2D eigenvalue weighted by molar-refractivity contribution is 6.42. The minimum absolute atomic E-state index is 0.0827. The van der Waals surface area contributed by atoms with E-state index in [0.29, 0.717) is 48.1 Å². The Morgan fingerprint density at radius 2 is 2.04 bits per heavy atom. The van der Waals surface area contributed by atoms with Gasteiger partial charge in [0.1, 0.15) is 5.75 Å². The van der Waals surface area contributed by atoms with Gasteiger partial charge < -0.3 is 20.3 Å². The molecule has 28 heavy (non-hydrogen) atoms. The molecule has 2 atom stereocenters.